The van der Waals surface area contributed by atoms with Crippen LogP contribution >= 0.6 is 0 Å². The van der Waals surface area contributed by atoms with E-state index in [9.17, 15) is 5.26 Å². The van der Waals surface area contributed by atoms with E-state index in [2.05, 4.69) is 42.5 Å². The molecule has 2 unspecified atom stereocenters. The maximum atomic E-state index is 9.97. The summed E-state index contributed by atoms with van der Waals surface area (Å²) in [6.07, 6.45) is 2.66. The molecule has 0 aromatic heterocycles. The quantitative estimate of drug-likeness (QED) is 0.391. The highest BCUT2D eigenvalue weighted by molar-refractivity contribution is 5.47. The number of nitrogens with zero attached hydrogens (tertiary/aromatic N) is 1. The van der Waals surface area contributed by atoms with E-state index in [1.165, 1.54) is 6.26 Å². The zero-order valence-electron chi connectivity index (χ0n) is 19.6. The molecule has 3 atom stereocenters. The Labute approximate surface area is 206 Å². The van der Waals surface area contributed by atoms with Crippen molar-refractivity contribution >= 4 is 0 Å². The second-order valence-corrected chi connectivity index (χ2v) is 9.02. The van der Waals surface area contributed by atoms with E-state index >= 15 is 0 Å². The number of hydrogen-bond donors (Lipinski definition) is 1. The first kappa shape index (κ1) is 22.9. The number of rotatable bonds is 7. The Morgan fingerprint density at radius 2 is 1.46 bits per heavy atom. The predicted octanol–water partition coefficient (Wildman–Crippen LogP) is 5.05. The molecule has 2 heterocycles. The van der Waals surface area contributed by atoms with E-state index in [-0.39, 0.29) is 12.7 Å². The molecule has 5 nitrogen and oxygen atoms in total. The average Bonchev–Trinajstić information content (AvgIpc) is 3.48. The molecule has 5 heteroatoms. The molecular formula is C30H28N2O3. The minimum absolute atomic E-state index is 0.181. The van der Waals surface area contributed by atoms with Crippen molar-refractivity contribution in [3.63, 3.8) is 0 Å². The molecule has 2 aliphatic heterocycles. The van der Waals surface area contributed by atoms with Crippen molar-refractivity contribution in [2.45, 2.75) is 24.7 Å². The van der Waals surface area contributed by atoms with Crippen molar-refractivity contribution in [2.24, 2.45) is 11.1 Å². The van der Waals surface area contributed by atoms with Crippen LogP contribution in [0.15, 0.2) is 115 Å². The molecule has 0 amide bonds. The summed E-state index contributed by atoms with van der Waals surface area (Å²) in [5.74, 6) is 0. The minimum Gasteiger partial charge on any atom is -0.497 e. The number of nitrogens with two attached hydrogens (primary N) is 1. The maximum absolute atomic E-state index is 9.97. The third-order valence-electron chi connectivity index (χ3n) is 6.86. The Kier molecular flexibility index (Phi) is 6.17. The lowest BCUT2D eigenvalue weighted by atomic mass is 9.80. The lowest BCUT2D eigenvalue weighted by Crippen LogP contribution is -2.42. The third-order valence-corrected chi connectivity index (χ3v) is 6.86. The molecule has 3 aromatic carbocycles. The van der Waals surface area contributed by atoms with Crippen molar-refractivity contribution in [3.05, 3.63) is 131 Å². The molecule has 0 radical (unpaired) electrons. The highest BCUT2D eigenvalue weighted by atomic mass is 16.6. The van der Waals surface area contributed by atoms with Gasteiger partial charge in [-0.3, -0.25) is 0 Å². The van der Waals surface area contributed by atoms with Crippen LogP contribution in [-0.4, -0.2) is 25.4 Å². The van der Waals surface area contributed by atoms with Crippen molar-refractivity contribution in [1.29, 1.82) is 5.26 Å². The van der Waals surface area contributed by atoms with E-state index in [1.54, 1.807) is 0 Å². The molecule has 0 aliphatic carbocycles. The van der Waals surface area contributed by atoms with Gasteiger partial charge in [0.2, 0.25) is 0 Å². The summed E-state index contributed by atoms with van der Waals surface area (Å²) in [7, 11) is 0. The molecule has 2 aliphatic rings. The molecular weight excluding hydrogens is 436 g/mol. The summed E-state index contributed by atoms with van der Waals surface area (Å²) < 4.78 is 18.7. The first-order chi connectivity index (χ1) is 17.1. The summed E-state index contributed by atoms with van der Waals surface area (Å²) in [6.45, 7) is 2.44. The van der Waals surface area contributed by atoms with Gasteiger partial charge < -0.3 is 19.9 Å². The first-order valence-electron chi connectivity index (χ1n) is 11.7. The van der Waals surface area contributed by atoms with Crippen LogP contribution < -0.4 is 5.73 Å². The summed E-state index contributed by atoms with van der Waals surface area (Å²) in [5, 5.41) is 9.97. The minimum atomic E-state index is -1.02. The van der Waals surface area contributed by atoms with Crippen LogP contribution in [0.4, 0.5) is 0 Å². The number of nitriles is 1. The fraction of sp³-hybridized carbons (Fsp3) is 0.233. The molecule has 0 saturated heterocycles. The lowest BCUT2D eigenvalue weighted by Gasteiger charge is -2.37. The second-order valence-electron chi connectivity index (χ2n) is 9.02. The fourth-order valence-electron chi connectivity index (χ4n) is 5.10. The lowest BCUT2D eigenvalue weighted by molar-refractivity contribution is -0.0717. The zero-order valence-corrected chi connectivity index (χ0v) is 19.6. The topological polar surface area (TPSA) is 77.5 Å². The maximum Gasteiger partial charge on any atom is 0.163 e. The normalized spacial score (nSPS) is 23.8. The molecule has 176 valence electrons. The molecule has 3 aromatic rings. The summed E-state index contributed by atoms with van der Waals surface area (Å²) >= 11 is 0. The Bertz CT molecular complexity index is 1170. The van der Waals surface area contributed by atoms with Crippen LogP contribution in [0.5, 0.6) is 0 Å². The van der Waals surface area contributed by atoms with Gasteiger partial charge in [-0.05, 0) is 29.2 Å². The van der Waals surface area contributed by atoms with Gasteiger partial charge in [0.1, 0.15) is 30.7 Å². The van der Waals surface area contributed by atoms with Gasteiger partial charge in [0, 0.05) is 0 Å². The number of benzene rings is 3. The van der Waals surface area contributed by atoms with Gasteiger partial charge in [-0.1, -0.05) is 97.1 Å². The molecule has 0 bridgehead atoms. The van der Waals surface area contributed by atoms with Gasteiger partial charge >= 0.3 is 0 Å². The predicted molar refractivity (Wildman–Crippen MR) is 134 cm³/mol. The van der Waals surface area contributed by atoms with E-state index in [4.69, 9.17) is 19.9 Å². The van der Waals surface area contributed by atoms with E-state index in [1.807, 2.05) is 67.6 Å². The second kappa shape index (κ2) is 9.42. The SMILES string of the molecule is CC1=CC(COC(c2ccccc2)(c2ccccc2)c2ccccc2)O[C@H]1C1(C#N)COC=C1N. The van der Waals surface area contributed by atoms with Crippen LogP contribution in [0.2, 0.25) is 0 Å². The smallest absolute Gasteiger partial charge is 0.163 e. The van der Waals surface area contributed by atoms with Gasteiger partial charge in [0.05, 0.1) is 18.4 Å². The molecule has 0 spiro atoms. The van der Waals surface area contributed by atoms with E-state index in [0.717, 1.165) is 22.3 Å². The monoisotopic (exact) mass is 464 g/mol. The van der Waals surface area contributed by atoms with Gasteiger partial charge in [-0.25, -0.2) is 0 Å². The molecule has 5 rings (SSSR count). The van der Waals surface area contributed by atoms with Crippen LogP contribution in [-0.2, 0) is 19.8 Å². The van der Waals surface area contributed by atoms with Gasteiger partial charge in [-0.15, -0.1) is 0 Å². The van der Waals surface area contributed by atoms with Gasteiger partial charge in [0.15, 0.2) is 5.41 Å². The third kappa shape index (κ3) is 3.91. The average molecular weight is 465 g/mol. The standard InChI is InChI=1S/C30H28N2O3/c1-22-17-26(35-28(22)29(20-31)21-33-19-27(29)32)18-34-30(23-11-5-2-6-12-23,24-13-7-3-8-14-24)25-15-9-4-10-16-25/h2-17,19,26,28H,18,21,32H2,1H3/t26?,28-,29?/m1/s1. The zero-order chi connectivity index (χ0) is 24.3. The van der Waals surface area contributed by atoms with E-state index < -0.39 is 17.1 Å². The summed E-state index contributed by atoms with van der Waals surface area (Å²) in [4.78, 5) is 0. The Morgan fingerprint density at radius 3 is 1.89 bits per heavy atom. The van der Waals surface area contributed by atoms with E-state index in [0.29, 0.717) is 12.3 Å². The molecule has 0 fully saturated rings. The van der Waals surface area contributed by atoms with Crippen molar-refractivity contribution in [3.8, 4) is 6.07 Å². The van der Waals surface area contributed by atoms with Crippen molar-refractivity contribution in [2.75, 3.05) is 13.2 Å². The highest BCUT2D eigenvalue weighted by Gasteiger charge is 2.50. The van der Waals surface area contributed by atoms with Gasteiger partial charge in [0.25, 0.3) is 0 Å². The van der Waals surface area contributed by atoms with Crippen molar-refractivity contribution in [1.82, 2.24) is 0 Å². The highest BCUT2D eigenvalue weighted by Crippen LogP contribution is 2.44. The van der Waals surface area contributed by atoms with Crippen molar-refractivity contribution < 1.29 is 14.2 Å². The fourth-order valence-corrected chi connectivity index (χ4v) is 5.10. The van der Waals surface area contributed by atoms with Crippen LogP contribution in [0, 0.1) is 16.7 Å². The Morgan fingerprint density at radius 1 is 0.943 bits per heavy atom. The molecule has 2 N–H and O–H groups in total. The van der Waals surface area contributed by atoms with Crippen LogP contribution in [0.3, 0.4) is 0 Å². The Balaban J connectivity index is 1.50. The number of hydrogen-bond acceptors (Lipinski definition) is 5. The first-order valence-corrected chi connectivity index (χ1v) is 11.7. The largest absolute Gasteiger partial charge is 0.497 e. The summed E-state index contributed by atoms with van der Waals surface area (Å²) in [5.41, 5.74) is 8.72. The summed E-state index contributed by atoms with van der Waals surface area (Å²) in [6, 6.07) is 33.0. The van der Waals surface area contributed by atoms with Gasteiger partial charge in [-0.2, -0.15) is 5.26 Å². The van der Waals surface area contributed by atoms with Crippen LogP contribution in [0.1, 0.15) is 23.6 Å². The molecule has 35 heavy (non-hydrogen) atoms. The van der Waals surface area contributed by atoms with Crippen LogP contribution in [0.25, 0.3) is 0 Å². The molecule has 0 saturated carbocycles. The number of ether oxygens (including phenoxy) is 3. The Hall–Kier alpha value is -3.85.